The molecule has 1 aromatic carbocycles. The van der Waals surface area contributed by atoms with Gasteiger partial charge in [-0.15, -0.1) is 0 Å². The average Bonchev–Trinajstić information content (AvgIpc) is 2.27. The highest BCUT2D eigenvalue weighted by Crippen LogP contribution is 2.46. The summed E-state index contributed by atoms with van der Waals surface area (Å²) >= 11 is 0. The first kappa shape index (κ1) is 14.0. The van der Waals surface area contributed by atoms with Crippen molar-refractivity contribution in [2.45, 2.75) is 20.8 Å². The molecular weight excluding hydrogens is 235 g/mol. The molecule has 0 bridgehead atoms. The van der Waals surface area contributed by atoms with E-state index in [1.165, 1.54) is 0 Å². The Morgan fingerprint density at radius 1 is 1.24 bits per heavy atom. The lowest BCUT2D eigenvalue weighted by Crippen LogP contribution is -1.93. The van der Waals surface area contributed by atoms with Gasteiger partial charge in [0.1, 0.15) is 0 Å². The Hall–Kier alpha value is -1.07. The standard InChI is InChI=1S/C13H17O3P/c1-4-15-17(14,16-5-2)10-9-13-8-6-7-12(3)11-13/h6-8,11H,4-5H2,1-3H3. The van der Waals surface area contributed by atoms with Crippen LogP contribution in [0.1, 0.15) is 25.0 Å². The predicted molar refractivity (Wildman–Crippen MR) is 68.9 cm³/mol. The van der Waals surface area contributed by atoms with E-state index in [0.29, 0.717) is 13.2 Å². The molecule has 0 heterocycles. The van der Waals surface area contributed by atoms with Gasteiger partial charge in [0.25, 0.3) is 0 Å². The second-order valence-corrected chi connectivity index (χ2v) is 5.17. The smallest absolute Gasteiger partial charge is 0.300 e. The van der Waals surface area contributed by atoms with Gasteiger partial charge >= 0.3 is 7.60 Å². The molecule has 0 aliphatic carbocycles. The summed E-state index contributed by atoms with van der Waals surface area (Å²) in [5, 5.41) is 0. The number of hydrogen-bond donors (Lipinski definition) is 0. The van der Waals surface area contributed by atoms with E-state index < -0.39 is 7.60 Å². The van der Waals surface area contributed by atoms with E-state index in [4.69, 9.17) is 9.05 Å². The molecule has 1 aromatic rings. The maximum atomic E-state index is 12.1. The molecule has 0 spiro atoms. The van der Waals surface area contributed by atoms with E-state index in [0.717, 1.165) is 11.1 Å². The van der Waals surface area contributed by atoms with Crippen LogP contribution in [0.25, 0.3) is 0 Å². The van der Waals surface area contributed by atoms with E-state index in [2.05, 4.69) is 11.6 Å². The van der Waals surface area contributed by atoms with Crippen LogP contribution in [-0.4, -0.2) is 13.2 Å². The number of benzene rings is 1. The van der Waals surface area contributed by atoms with Crippen LogP contribution in [0, 0.1) is 18.5 Å². The first-order chi connectivity index (χ1) is 8.09. The van der Waals surface area contributed by atoms with Crippen molar-refractivity contribution >= 4 is 7.60 Å². The Balaban J connectivity index is 2.91. The van der Waals surface area contributed by atoms with Crippen molar-refractivity contribution in [3.63, 3.8) is 0 Å². The summed E-state index contributed by atoms with van der Waals surface area (Å²) in [7, 11) is -3.26. The third kappa shape index (κ3) is 4.75. The third-order valence-electron chi connectivity index (χ3n) is 1.95. The Bertz CT molecular complexity index is 461. The fraction of sp³-hybridized carbons (Fsp3) is 0.385. The minimum atomic E-state index is -3.26. The van der Waals surface area contributed by atoms with Gasteiger partial charge in [-0.25, -0.2) is 4.57 Å². The van der Waals surface area contributed by atoms with Gasteiger partial charge in [-0.2, -0.15) is 0 Å². The van der Waals surface area contributed by atoms with E-state index in [1.807, 2.05) is 31.2 Å². The molecule has 0 amide bonds. The summed E-state index contributed by atoms with van der Waals surface area (Å²) in [6.07, 6.45) is 0. The third-order valence-corrected chi connectivity index (χ3v) is 3.54. The van der Waals surface area contributed by atoms with Crippen LogP contribution in [0.5, 0.6) is 0 Å². The molecule has 0 aliphatic heterocycles. The van der Waals surface area contributed by atoms with Gasteiger partial charge in [0, 0.05) is 11.2 Å². The normalized spacial score (nSPS) is 10.8. The lowest BCUT2D eigenvalue weighted by Gasteiger charge is -2.09. The zero-order valence-electron chi connectivity index (χ0n) is 10.4. The largest absolute Gasteiger partial charge is 0.405 e. The van der Waals surface area contributed by atoms with Gasteiger partial charge in [-0.3, -0.25) is 9.05 Å². The minimum Gasteiger partial charge on any atom is -0.300 e. The van der Waals surface area contributed by atoms with E-state index in [1.54, 1.807) is 13.8 Å². The first-order valence-electron chi connectivity index (χ1n) is 5.58. The van der Waals surface area contributed by atoms with Crippen LogP contribution in [0.4, 0.5) is 0 Å². The number of hydrogen-bond acceptors (Lipinski definition) is 3. The molecule has 0 aromatic heterocycles. The second-order valence-electron chi connectivity index (χ2n) is 3.44. The molecule has 0 saturated carbocycles. The van der Waals surface area contributed by atoms with Crippen molar-refractivity contribution in [2.24, 2.45) is 0 Å². The highest BCUT2D eigenvalue weighted by molar-refractivity contribution is 7.59. The van der Waals surface area contributed by atoms with Gasteiger partial charge < -0.3 is 0 Å². The molecule has 0 N–H and O–H groups in total. The van der Waals surface area contributed by atoms with E-state index in [-0.39, 0.29) is 0 Å². The van der Waals surface area contributed by atoms with Crippen molar-refractivity contribution in [2.75, 3.05) is 13.2 Å². The highest BCUT2D eigenvalue weighted by Gasteiger charge is 2.19. The average molecular weight is 252 g/mol. The SMILES string of the molecule is CCOP(=O)(C#Cc1cccc(C)c1)OCC. The highest BCUT2D eigenvalue weighted by atomic mass is 31.2. The molecule has 92 valence electrons. The van der Waals surface area contributed by atoms with Crippen LogP contribution >= 0.6 is 7.60 Å². The van der Waals surface area contributed by atoms with Crippen LogP contribution < -0.4 is 0 Å². The molecule has 0 unspecified atom stereocenters. The minimum absolute atomic E-state index is 0.319. The molecule has 0 aliphatic rings. The van der Waals surface area contributed by atoms with Crippen molar-refractivity contribution in [1.82, 2.24) is 0 Å². The molecule has 1 rings (SSSR count). The Labute approximate surface area is 103 Å². The van der Waals surface area contributed by atoms with Crippen molar-refractivity contribution < 1.29 is 13.6 Å². The molecule has 0 radical (unpaired) electrons. The molecule has 3 nitrogen and oxygen atoms in total. The summed E-state index contributed by atoms with van der Waals surface area (Å²) in [5.74, 6) is 2.83. The Morgan fingerprint density at radius 3 is 2.41 bits per heavy atom. The summed E-state index contributed by atoms with van der Waals surface area (Å²) in [6, 6.07) is 7.68. The fourth-order valence-electron chi connectivity index (χ4n) is 1.30. The Kier molecular flexibility index (Phi) is 5.44. The summed E-state index contributed by atoms with van der Waals surface area (Å²) < 4.78 is 22.2. The quantitative estimate of drug-likeness (QED) is 0.607. The van der Waals surface area contributed by atoms with Gasteiger partial charge in [0.2, 0.25) is 0 Å². The molecular formula is C13H17O3P. The first-order valence-corrected chi connectivity index (χ1v) is 7.13. The van der Waals surface area contributed by atoms with Crippen molar-refractivity contribution in [3.8, 4) is 11.6 Å². The van der Waals surface area contributed by atoms with Crippen LogP contribution in [0.15, 0.2) is 24.3 Å². The molecule has 0 saturated heterocycles. The summed E-state index contributed by atoms with van der Waals surface area (Å²) in [4.78, 5) is 0. The van der Waals surface area contributed by atoms with Gasteiger partial charge in [-0.1, -0.05) is 18.1 Å². The molecule has 0 atom stereocenters. The van der Waals surface area contributed by atoms with Gasteiger partial charge in [0.15, 0.2) is 0 Å². The topological polar surface area (TPSA) is 35.5 Å². The molecule has 0 fully saturated rings. The molecule has 4 heteroatoms. The predicted octanol–water partition coefficient (Wildman–Crippen LogP) is 3.57. The maximum absolute atomic E-state index is 12.1. The lowest BCUT2D eigenvalue weighted by atomic mass is 10.1. The zero-order valence-corrected chi connectivity index (χ0v) is 11.3. The van der Waals surface area contributed by atoms with Crippen LogP contribution in [0.2, 0.25) is 0 Å². The number of aryl methyl sites for hydroxylation is 1. The van der Waals surface area contributed by atoms with Crippen molar-refractivity contribution in [1.29, 1.82) is 0 Å². The monoisotopic (exact) mass is 252 g/mol. The second kappa shape index (κ2) is 6.61. The van der Waals surface area contributed by atoms with Crippen LogP contribution in [-0.2, 0) is 13.6 Å². The number of rotatable bonds is 4. The van der Waals surface area contributed by atoms with Gasteiger partial charge in [-0.05, 0) is 38.5 Å². The van der Waals surface area contributed by atoms with E-state index >= 15 is 0 Å². The summed E-state index contributed by atoms with van der Waals surface area (Å²) in [6.45, 7) is 6.15. The molecule has 17 heavy (non-hydrogen) atoms. The van der Waals surface area contributed by atoms with Crippen molar-refractivity contribution in [3.05, 3.63) is 35.4 Å². The fourth-order valence-corrected chi connectivity index (χ4v) is 2.45. The maximum Gasteiger partial charge on any atom is 0.405 e. The zero-order chi connectivity index (χ0) is 12.7. The van der Waals surface area contributed by atoms with E-state index in [9.17, 15) is 4.57 Å². The summed E-state index contributed by atoms with van der Waals surface area (Å²) in [5.41, 5.74) is 4.52. The van der Waals surface area contributed by atoms with Gasteiger partial charge in [0.05, 0.1) is 13.2 Å². The Morgan fingerprint density at radius 2 is 1.88 bits per heavy atom. The lowest BCUT2D eigenvalue weighted by molar-refractivity contribution is 0.230. The van der Waals surface area contributed by atoms with Crippen LogP contribution in [0.3, 0.4) is 0 Å².